The van der Waals surface area contributed by atoms with Crippen LogP contribution < -0.4 is 5.32 Å². The molecule has 1 aliphatic carbocycles. The maximum Gasteiger partial charge on any atom is 0.270 e. The Morgan fingerprint density at radius 1 is 1.06 bits per heavy atom. The van der Waals surface area contributed by atoms with Crippen LogP contribution in [0.3, 0.4) is 0 Å². The molecule has 2 fully saturated rings. The van der Waals surface area contributed by atoms with Gasteiger partial charge in [-0.2, -0.15) is 0 Å². The predicted octanol–water partition coefficient (Wildman–Crippen LogP) is 5.95. The lowest BCUT2D eigenvalue weighted by molar-refractivity contribution is -0.127. The first-order chi connectivity index (χ1) is 16.5. The van der Waals surface area contributed by atoms with Crippen molar-refractivity contribution >= 4 is 45.0 Å². The lowest BCUT2D eigenvalue weighted by Gasteiger charge is -2.34. The summed E-state index contributed by atoms with van der Waals surface area (Å²) in [4.78, 5) is 28.4. The molecule has 0 unspecified atom stereocenters. The number of hydrogen-bond acceptors (Lipinski definition) is 3. The first kappa shape index (κ1) is 23.4. The summed E-state index contributed by atoms with van der Waals surface area (Å²) in [6.07, 6.45) is 6.22. The van der Waals surface area contributed by atoms with Gasteiger partial charge in [0.05, 0.1) is 10.2 Å². The van der Waals surface area contributed by atoms with Crippen molar-refractivity contribution in [2.24, 2.45) is 11.8 Å². The molecule has 2 atom stereocenters. The zero-order valence-corrected chi connectivity index (χ0v) is 21.2. The Kier molecular flexibility index (Phi) is 6.98. The van der Waals surface area contributed by atoms with E-state index in [1.807, 2.05) is 35.2 Å². The average molecular weight is 498 g/mol. The highest BCUT2D eigenvalue weighted by atomic mass is 35.5. The van der Waals surface area contributed by atoms with Gasteiger partial charge in [0.25, 0.3) is 5.91 Å². The summed E-state index contributed by atoms with van der Waals surface area (Å²) in [7, 11) is 0. The number of piperidine rings is 1. The van der Waals surface area contributed by atoms with E-state index in [0.717, 1.165) is 40.7 Å². The number of benzene rings is 1. The summed E-state index contributed by atoms with van der Waals surface area (Å²) in [5.41, 5.74) is 2.91. The maximum atomic E-state index is 13.6. The van der Waals surface area contributed by atoms with Crippen LogP contribution in [0.25, 0.3) is 10.2 Å². The number of rotatable bonds is 5. The molecule has 0 spiro atoms. The minimum absolute atomic E-state index is 0.00234. The van der Waals surface area contributed by atoms with E-state index in [1.165, 1.54) is 19.3 Å². The van der Waals surface area contributed by atoms with Crippen LogP contribution >= 0.6 is 22.9 Å². The number of nitrogens with one attached hydrogen (secondary N) is 1. The molecule has 1 saturated carbocycles. The second kappa shape index (κ2) is 10.1. The largest absolute Gasteiger partial charge is 0.353 e. The molecule has 1 N–H and O–H groups in total. The molecule has 3 aromatic rings. The van der Waals surface area contributed by atoms with Gasteiger partial charge >= 0.3 is 0 Å². The third kappa shape index (κ3) is 4.89. The number of carbonyl (C=O) groups excluding carboxylic acids is 2. The number of halogens is 1. The standard InChI is InChI=1S/C27H32ClN3O2S/c1-18-4-2-3-5-22(18)29-26(32)20-10-13-30(14-11-20)27(33)24-16-25-23(12-15-34-25)31(24)17-19-6-8-21(28)9-7-19/h6-9,12,15-16,18,20,22H,2-5,10-11,13-14,17H2,1H3,(H,29,32)/t18-,22-/m0/s1. The molecule has 0 bridgehead atoms. The lowest BCUT2D eigenvalue weighted by atomic mass is 9.85. The summed E-state index contributed by atoms with van der Waals surface area (Å²) in [6.45, 7) is 4.11. The van der Waals surface area contributed by atoms with Crippen LogP contribution in [0.1, 0.15) is 61.5 Å². The van der Waals surface area contributed by atoms with Crippen LogP contribution in [-0.2, 0) is 11.3 Å². The van der Waals surface area contributed by atoms with Gasteiger partial charge in [-0.05, 0) is 66.8 Å². The van der Waals surface area contributed by atoms with E-state index in [4.69, 9.17) is 11.6 Å². The Morgan fingerprint density at radius 2 is 1.79 bits per heavy atom. The van der Waals surface area contributed by atoms with Crippen molar-refractivity contribution in [1.29, 1.82) is 0 Å². The summed E-state index contributed by atoms with van der Waals surface area (Å²) < 4.78 is 3.23. The molecule has 2 aliphatic rings. The van der Waals surface area contributed by atoms with Crippen molar-refractivity contribution in [3.05, 3.63) is 58.1 Å². The Bertz CT molecular complexity index is 1160. The first-order valence-electron chi connectivity index (χ1n) is 12.4. The van der Waals surface area contributed by atoms with Crippen molar-refractivity contribution in [3.63, 3.8) is 0 Å². The van der Waals surface area contributed by atoms with Gasteiger partial charge in [0.15, 0.2) is 0 Å². The number of aromatic nitrogens is 1. The smallest absolute Gasteiger partial charge is 0.270 e. The number of carbonyl (C=O) groups is 2. The van der Waals surface area contributed by atoms with Crippen LogP contribution in [0.5, 0.6) is 0 Å². The van der Waals surface area contributed by atoms with E-state index in [2.05, 4.69) is 28.3 Å². The lowest BCUT2D eigenvalue weighted by Crippen LogP contribution is -2.47. The molecule has 1 aromatic carbocycles. The number of likely N-dealkylation sites (tertiary alicyclic amines) is 1. The number of hydrogen-bond donors (Lipinski definition) is 1. The van der Waals surface area contributed by atoms with Crippen molar-refractivity contribution in [2.45, 2.75) is 58.0 Å². The Morgan fingerprint density at radius 3 is 2.53 bits per heavy atom. The van der Waals surface area contributed by atoms with Gasteiger partial charge in [-0.3, -0.25) is 9.59 Å². The van der Waals surface area contributed by atoms with Gasteiger partial charge in [-0.15, -0.1) is 11.3 Å². The third-order valence-corrected chi connectivity index (χ3v) is 8.69. The van der Waals surface area contributed by atoms with E-state index < -0.39 is 0 Å². The van der Waals surface area contributed by atoms with Crippen LogP contribution in [0.2, 0.25) is 5.02 Å². The molecule has 5 nitrogen and oxygen atoms in total. The van der Waals surface area contributed by atoms with Crippen LogP contribution in [0, 0.1) is 11.8 Å². The minimum Gasteiger partial charge on any atom is -0.353 e. The molecular weight excluding hydrogens is 466 g/mol. The first-order valence-corrected chi connectivity index (χ1v) is 13.7. The highest BCUT2D eigenvalue weighted by Gasteiger charge is 2.31. The molecule has 7 heteroatoms. The van der Waals surface area contributed by atoms with Crippen LogP contribution in [0.15, 0.2) is 41.8 Å². The molecule has 5 rings (SSSR count). The van der Waals surface area contributed by atoms with E-state index in [9.17, 15) is 9.59 Å². The van der Waals surface area contributed by atoms with Crippen LogP contribution in [0.4, 0.5) is 0 Å². The Labute approximate surface area is 210 Å². The normalized spacial score (nSPS) is 21.6. The fourth-order valence-electron chi connectivity index (χ4n) is 5.44. The van der Waals surface area contributed by atoms with Gasteiger partial charge in [-0.25, -0.2) is 0 Å². The van der Waals surface area contributed by atoms with Gasteiger partial charge < -0.3 is 14.8 Å². The fourth-order valence-corrected chi connectivity index (χ4v) is 6.38. The van der Waals surface area contributed by atoms with Gasteiger partial charge in [0, 0.05) is 36.6 Å². The second-order valence-electron chi connectivity index (χ2n) is 9.86. The molecular formula is C27H32ClN3O2S. The highest BCUT2D eigenvalue weighted by Crippen LogP contribution is 2.29. The average Bonchev–Trinajstić information content (AvgIpc) is 3.44. The zero-order valence-electron chi connectivity index (χ0n) is 19.6. The quantitative estimate of drug-likeness (QED) is 0.473. The van der Waals surface area contributed by atoms with Crippen molar-refractivity contribution in [2.75, 3.05) is 13.1 Å². The van der Waals surface area contributed by atoms with E-state index >= 15 is 0 Å². The second-order valence-corrected chi connectivity index (χ2v) is 11.2. The molecule has 1 aliphatic heterocycles. The molecule has 2 aromatic heterocycles. The van der Waals surface area contributed by atoms with Crippen molar-refractivity contribution in [3.8, 4) is 0 Å². The minimum atomic E-state index is 0.00234. The number of nitrogens with zero attached hydrogens (tertiary/aromatic N) is 2. The number of amides is 2. The predicted molar refractivity (Wildman–Crippen MR) is 139 cm³/mol. The Balaban J connectivity index is 1.26. The van der Waals surface area contributed by atoms with Crippen LogP contribution in [-0.4, -0.2) is 40.4 Å². The van der Waals surface area contributed by atoms with Gasteiger partial charge in [-0.1, -0.05) is 43.5 Å². The summed E-state index contributed by atoms with van der Waals surface area (Å²) >= 11 is 7.71. The fraction of sp³-hybridized carbons (Fsp3) is 0.481. The SMILES string of the molecule is C[C@H]1CCCC[C@@H]1NC(=O)C1CCN(C(=O)c2cc3sccc3n2Cc2ccc(Cl)cc2)CC1. The highest BCUT2D eigenvalue weighted by molar-refractivity contribution is 7.17. The van der Waals surface area contributed by atoms with Crippen molar-refractivity contribution in [1.82, 2.24) is 14.8 Å². The molecule has 1 saturated heterocycles. The van der Waals surface area contributed by atoms with Gasteiger partial charge in [0.1, 0.15) is 5.69 Å². The third-order valence-electron chi connectivity index (χ3n) is 7.59. The number of fused-ring (bicyclic) bond motifs is 1. The van der Waals surface area contributed by atoms with Crippen molar-refractivity contribution < 1.29 is 9.59 Å². The molecule has 180 valence electrons. The summed E-state index contributed by atoms with van der Waals surface area (Å²) in [5, 5.41) is 6.08. The maximum absolute atomic E-state index is 13.6. The molecule has 3 heterocycles. The van der Waals surface area contributed by atoms with E-state index in [1.54, 1.807) is 11.3 Å². The molecule has 2 amide bonds. The summed E-state index contributed by atoms with van der Waals surface area (Å²) in [5.74, 6) is 0.791. The molecule has 0 radical (unpaired) electrons. The van der Waals surface area contributed by atoms with Gasteiger partial charge in [0.2, 0.25) is 5.91 Å². The van der Waals surface area contributed by atoms with E-state index in [0.29, 0.717) is 36.6 Å². The Hall–Kier alpha value is -2.31. The zero-order chi connectivity index (χ0) is 23.7. The number of thiophene rings is 1. The molecule has 34 heavy (non-hydrogen) atoms. The van der Waals surface area contributed by atoms with E-state index in [-0.39, 0.29) is 17.7 Å². The monoisotopic (exact) mass is 497 g/mol. The topological polar surface area (TPSA) is 54.3 Å². The summed E-state index contributed by atoms with van der Waals surface area (Å²) in [6, 6.07) is 12.2.